The highest BCUT2D eigenvalue weighted by molar-refractivity contribution is 7.99. The lowest BCUT2D eigenvalue weighted by Gasteiger charge is -2.61. The number of ketones is 1. The maximum absolute atomic E-state index is 12.6. The first kappa shape index (κ1) is 18.9. The number of hydrogen-bond donors (Lipinski definition) is 1. The third-order valence-electron chi connectivity index (χ3n) is 8.95. The first-order valence-corrected chi connectivity index (χ1v) is 11.7. The van der Waals surface area contributed by atoms with Crippen molar-refractivity contribution in [2.24, 2.45) is 45.4 Å². The summed E-state index contributed by atoms with van der Waals surface area (Å²) in [6.07, 6.45) is 8.53. The molecule has 0 aliphatic heterocycles. The molecule has 0 amide bonds. The fourth-order valence-corrected chi connectivity index (χ4v) is 8.63. The smallest absolute Gasteiger partial charge is 0.139 e. The molecule has 0 aromatic carbocycles. The van der Waals surface area contributed by atoms with E-state index < -0.39 is 0 Å². The zero-order valence-corrected chi connectivity index (χ0v) is 17.1. The van der Waals surface area contributed by atoms with Gasteiger partial charge < -0.3 is 5.73 Å². The van der Waals surface area contributed by atoms with E-state index in [1.165, 1.54) is 19.3 Å². The van der Waals surface area contributed by atoms with Crippen LogP contribution in [0.1, 0.15) is 65.2 Å². The third-order valence-corrected chi connectivity index (χ3v) is 10.3. The van der Waals surface area contributed by atoms with Crippen LogP contribution < -0.4 is 5.73 Å². The zero-order chi connectivity index (χ0) is 18.5. The quantitative estimate of drug-likeness (QED) is 0.736. The topological polar surface area (TPSA) is 72.5 Å². The fourth-order valence-electron chi connectivity index (χ4n) is 7.54. The van der Waals surface area contributed by atoms with Gasteiger partial charge in [0, 0.05) is 29.4 Å². The summed E-state index contributed by atoms with van der Waals surface area (Å²) >= 11 is 2.00. The summed E-state index contributed by atoms with van der Waals surface area (Å²) in [4.78, 5) is 24.4. The van der Waals surface area contributed by atoms with Crippen molar-refractivity contribution in [3.63, 3.8) is 0 Å². The Morgan fingerprint density at radius 3 is 2.65 bits per heavy atom. The van der Waals surface area contributed by atoms with E-state index in [4.69, 9.17) is 5.73 Å². The molecule has 146 valence electrons. The van der Waals surface area contributed by atoms with Crippen molar-refractivity contribution in [2.45, 2.75) is 76.5 Å². The molecule has 2 N–H and O–H groups in total. The van der Waals surface area contributed by atoms with Crippen LogP contribution in [-0.4, -0.2) is 29.4 Å². The molecule has 26 heavy (non-hydrogen) atoms. The molecule has 0 saturated heterocycles. The number of rotatable bonds is 4. The fraction of sp³-hybridized carbons (Fsp3) is 0.952. The number of fused-ring (bicyclic) bond motifs is 5. The number of Topliss-reactive ketones (excluding diaryl/α,β-unsaturated/α-hetero) is 1. The number of hydrogen-bond acceptors (Lipinski definition) is 5. The summed E-state index contributed by atoms with van der Waals surface area (Å²) in [5.74, 6) is 3.60. The normalized spacial score (nSPS) is 50.7. The van der Waals surface area contributed by atoms with Crippen LogP contribution in [0.15, 0.2) is 5.18 Å². The number of nitrogens with zero attached hydrogens (tertiary/aromatic N) is 1. The van der Waals surface area contributed by atoms with E-state index in [0.717, 1.165) is 44.4 Å². The summed E-state index contributed by atoms with van der Waals surface area (Å²) in [5.41, 5.74) is 5.81. The second-order valence-electron chi connectivity index (χ2n) is 9.87. The van der Waals surface area contributed by atoms with E-state index in [1.807, 2.05) is 11.8 Å². The van der Waals surface area contributed by atoms with Gasteiger partial charge in [-0.3, -0.25) is 4.79 Å². The highest BCUT2D eigenvalue weighted by atomic mass is 32.2. The van der Waals surface area contributed by atoms with Crippen LogP contribution in [-0.2, 0) is 4.79 Å². The summed E-state index contributed by atoms with van der Waals surface area (Å²) in [6.45, 7) is 5.40. The van der Waals surface area contributed by atoms with Gasteiger partial charge in [0.15, 0.2) is 0 Å². The van der Waals surface area contributed by atoms with Crippen LogP contribution in [0.25, 0.3) is 0 Å². The Morgan fingerprint density at radius 1 is 1.12 bits per heavy atom. The molecule has 4 saturated carbocycles. The molecule has 2 unspecified atom stereocenters. The van der Waals surface area contributed by atoms with E-state index in [2.05, 4.69) is 19.0 Å². The molecular weight excluding hydrogens is 344 g/mol. The standard InChI is InChI=1S/C21H34N2O2S/c1-20-7-5-13(26-10-9-22)11-17(20)18(23-25)12-14-15-3-4-19(24)21(15,2)8-6-16(14)20/h13-18H,3-12,22H2,1-2H3/t13-,14+,15+,16+,17?,18?,20-,21+/m1/s1. The van der Waals surface area contributed by atoms with Crippen molar-refractivity contribution in [3.05, 3.63) is 4.91 Å². The Labute approximate surface area is 161 Å². The molecule has 0 radical (unpaired) electrons. The highest BCUT2D eigenvalue weighted by Gasteiger charge is 2.62. The molecule has 4 aliphatic carbocycles. The lowest BCUT2D eigenvalue weighted by molar-refractivity contribution is -0.140. The Bertz CT molecular complexity index is 584. The van der Waals surface area contributed by atoms with Gasteiger partial charge in [-0.25, -0.2) is 0 Å². The van der Waals surface area contributed by atoms with Crippen LogP contribution >= 0.6 is 11.8 Å². The van der Waals surface area contributed by atoms with Crippen LogP contribution in [0.5, 0.6) is 0 Å². The second-order valence-corrected chi connectivity index (χ2v) is 11.3. The maximum Gasteiger partial charge on any atom is 0.139 e. The molecule has 4 nitrogen and oxygen atoms in total. The number of nitroso groups, excluding NO2 is 1. The minimum absolute atomic E-state index is 0.0550. The monoisotopic (exact) mass is 378 g/mol. The van der Waals surface area contributed by atoms with Crippen molar-refractivity contribution in [3.8, 4) is 0 Å². The molecule has 4 fully saturated rings. The highest BCUT2D eigenvalue weighted by Crippen LogP contribution is 2.66. The van der Waals surface area contributed by atoms with E-state index in [-0.39, 0.29) is 16.9 Å². The third kappa shape index (κ3) is 2.71. The van der Waals surface area contributed by atoms with Crippen LogP contribution in [0.3, 0.4) is 0 Å². The molecule has 0 aromatic heterocycles. The SMILES string of the molecule is C[C@]12CC[C@@H](SCCN)CC1C(N=O)C[C@@H]1[C@@H]2CC[C@]2(C)C(=O)CC[C@@H]12. The van der Waals surface area contributed by atoms with Gasteiger partial charge >= 0.3 is 0 Å². The molecule has 0 aromatic rings. The van der Waals surface area contributed by atoms with Crippen molar-refractivity contribution in [1.82, 2.24) is 0 Å². The van der Waals surface area contributed by atoms with E-state index in [0.29, 0.717) is 34.7 Å². The summed E-state index contributed by atoms with van der Waals surface area (Å²) in [5, 5.41) is 4.31. The number of nitrogens with two attached hydrogens (primary N) is 1. The molecule has 0 spiro atoms. The number of carbonyl (C=O) groups is 1. The summed E-state index contributed by atoms with van der Waals surface area (Å²) < 4.78 is 0. The van der Waals surface area contributed by atoms with E-state index >= 15 is 0 Å². The Morgan fingerprint density at radius 2 is 1.92 bits per heavy atom. The van der Waals surface area contributed by atoms with Gasteiger partial charge in [0.25, 0.3) is 0 Å². The molecule has 8 atom stereocenters. The van der Waals surface area contributed by atoms with Gasteiger partial charge in [0.2, 0.25) is 0 Å². The van der Waals surface area contributed by atoms with Crippen LogP contribution in [0, 0.1) is 39.4 Å². The molecule has 4 rings (SSSR count). The number of carbonyl (C=O) groups excluding carboxylic acids is 1. The average Bonchev–Trinajstić information content (AvgIpc) is 2.94. The molecule has 4 aliphatic rings. The van der Waals surface area contributed by atoms with Gasteiger partial charge in [-0.05, 0) is 74.0 Å². The van der Waals surface area contributed by atoms with E-state index in [9.17, 15) is 9.70 Å². The Balaban J connectivity index is 1.60. The minimum atomic E-state index is -0.119. The largest absolute Gasteiger partial charge is 0.330 e. The van der Waals surface area contributed by atoms with Crippen molar-refractivity contribution in [2.75, 3.05) is 12.3 Å². The van der Waals surface area contributed by atoms with Gasteiger partial charge in [-0.2, -0.15) is 16.7 Å². The first-order valence-electron chi connectivity index (χ1n) is 10.6. The predicted molar refractivity (Wildman–Crippen MR) is 107 cm³/mol. The molecule has 0 heterocycles. The molecular formula is C21H34N2O2S. The minimum Gasteiger partial charge on any atom is -0.330 e. The van der Waals surface area contributed by atoms with Gasteiger partial charge in [-0.1, -0.05) is 19.0 Å². The lowest BCUT2D eigenvalue weighted by Crippen LogP contribution is -2.57. The predicted octanol–water partition coefficient (Wildman–Crippen LogP) is 4.40. The maximum atomic E-state index is 12.6. The van der Waals surface area contributed by atoms with Crippen molar-refractivity contribution in [1.29, 1.82) is 0 Å². The summed E-state index contributed by atoms with van der Waals surface area (Å²) in [6, 6.07) is -0.0550. The van der Waals surface area contributed by atoms with Gasteiger partial charge in [0.05, 0.1) is 6.04 Å². The Kier molecular flexibility index (Phi) is 5.00. The molecule has 5 heteroatoms. The van der Waals surface area contributed by atoms with Gasteiger partial charge in [-0.15, -0.1) is 0 Å². The zero-order valence-electron chi connectivity index (χ0n) is 16.3. The summed E-state index contributed by atoms with van der Waals surface area (Å²) in [7, 11) is 0. The van der Waals surface area contributed by atoms with E-state index in [1.54, 1.807) is 0 Å². The van der Waals surface area contributed by atoms with Crippen LogP contribution in [0.2, 0.25) is 0 Å². The lowest BCUT2D eigenvalue weighted by atomic mass is 9.44. The average molecular weight is 379 g/mol. The number of thioether (sulfide) groups is 1. The van der Waals surface area contributed by atoms with Crippen LogP contribution in [0.4, 0.5) is 0 Å². The van der Waals surface area contributed by atoms with Gasteiger partial charge in [0.1, 0.15) is 5.78 Å². The molecule has 0 bridgehead atoms. The first-order chi connectivity index (χ1) is 12.4. The van der Waals surface area contributed by atoms with Crippen molar-refractivity contribution < 1.29 is 4.79 Å². The Hall–Kier alpha value is -0.420. The second kappa shape index (κ2) is 6.88. The van der Waals surface area contributed by atoms with Crippen molar-refractivity contribution >= 4 is 17.5 Å².